The van der Waals surface area contributed by atoms with Gasteiger partial charge in [0.1, 0.15) is 24.0 Å². The number of hydrogen-bond acceptors (Lipinski definition) is 5. The Morgan fingerprint density at radius 1 is 1.13 bits per heavy atom. The maximum atomic E-state index is 12.5. The van der Waals surface area contributed by atoms with Crippen molar-refractivity contribution in [1.29, 1.82) is 5.26 Å². The van der Waals surface area contributed by atoms with E-state index in [1.165, 1.54) is 24.3 Å². The van der Waals surface area contributed by atoms with E-state index >= 15 is 0 Å². The van der Waals surface area contributed by atoms with Crippen LogP contribution in [0.25, 0.3) is 6.08 Å². The molecule has 0 aliphatic heterocycles. The van der Waals surface area contributed by atoms with Crippen molar-refractivity contribution in [3.05, 3.63) is 104 Å². The maximum absolute atomic E-state index is 12.5. The predicted octanol–water partition coefficient (Wildman–Crippen LogP) is 5.48. The third kappa shape index (κ3) is 6.01. The second-order valence-electron chi connectivity index (χ2n) is 6.39. The van der Waals surface area contributed by atoms with Gasteiger partial charge in [-0.1, -0.05) is 42.5 Å². The number of non-ortho nitro benzene ring substituents is 1. The first-order valence-corrected chi connectivity index (χ1v) is 9.89. The molecule has 0 aliphatic carbocycles. The van der Waals surface area contributed by atoms with Crippen LogP contribution < -0.4 is 10.1 Å². The number of halogens is 1. The zero-order chi connectivity index (χ0) is 22.2. The fraction of sp³-hybridized carbons (Fsp3) is 0.0435. The number of amides is 1. The minimum absolute atomic E-state index is 0.117. The molecule has 0 saturated heterocycles. The van der Waals surface area contributed by atoms with Crippen molar-refractivity contribution in [3.63, 3.8) is 0 Å². The van der Waals surface area contributed by atoms with Crippen molar-refractivity contribution in [3.8, 4) is 11.8 Å². The highest BCUT2D eigenvalue weighted by Crippen LogP contribution is 2.27. The van der Waals surface area contributed by atoms with E-state index in [2.05, 4.69) is 21.2 Å². The zero-order valence-corrected chi connectivity index (χ0v) is 17.7. The van der Waals surface area contributed by atoms with Crippen LogP contribution >= 0.6 is 15.9 Å². The number of nitro groups is 1. The van der Waals surface area contributed by atoms with Crippen LogP contribution in [0.3, 0.4) is 0 Å². The topological polar surface area (TPSA) is 105 Å². The number of anilines is 1. The fourth-order valence-corrected chi connectivity index (χ4v) is 3.12. The minimum Gasteiger partial charge on any atom is -0.489 e. The van der Waals surface area contributed by atoms with Crippen LogP contribution in [0.15, 0.2) is 82.8 Å². The van der Waals surface area contributed by atoms with Crippen LogP contribution in [0.5, 0.6) is 5.75 Å². The lowest BCUT2D eigenvalue weighted by atomic mass is 10.1. The van der Waals surface area contributed by atoms with Gasteiger partial charge in [-0.2, -0.15) is 5.26 Å². The lowest BCUT2D eigenvalue weighted by molar-refractivity contribution is -0.384. The van der Waals surface area contributed by atoms with Gasteiger partial charge in [-0.3, -0.25) is 14.9 Å². The van der Waals surface area contributed by atoms with Crippen LogP contribution in [0.1, 0.15) is 11.1 Å². The molecule has 0 atom stereocenters. The van der Waals surface area contributed by atoms with Crippen LogP contribution in [-0.2, 0) is 11.4 Å². The van der Waals surface area contributed by atoms with E-state index in [4.69, 9.17) is 4.74 Å². The summed E-state index contributed by atoms with van der Waals surface area (Å²) in [4.78, 5) is 22.8. The molecule has 0 aliphatic rings. The van der Waals surface area contributed by atoms with Crippen molar-refractivity contribution in [2.24, 2.45) is 0 Å². The number of carbonyl (C=O) groups is 1. The Labute approximate surface area is 186 Å². The van der Waals surface area contributed by atoms with E-state index in [0.29, 0.717) is 28.1 Å². The SMILES string of the molecule is N#CC(=Cc1cccc(OCc2ccccc2)c1)C(=O)Nc1ccc([N+](=O)[O-])cc1Br. The number of hydrogen-bond donors (Lipinski definition) is 1. The highest BCUT2D eigenvalue weighted by atomic mass is 79.9. The van der Waals surface area contributed by atoms with Crippen LogP contribution in [0, 0.1) is 21.4 Å². The van der Waals surface area contributed by atoms with Gasteiger partial charge in [0, 0.05) is 16.6 Å². The number of benzene rings is 3. The van der Waals surface area contributed by atoms with Crippen molar-refractivity contribution in [2.75, 3.05) is 5.32 Å². The van der Waals surface area contributed by atoms with Crippen molar-refractivity contribution in [1.82, 2.24) is 0 Å². The van der Waals surface area contributed by atoms with Gasteiger partial charge in [0.25, 0.3) is 11.6 Å². The molecule has 7 nitrogen and oxygen atoms in total. The Balaban J connectivity index is 1.73. The Kier molecular flexibility index (Phi) is 7.14. The molecule has 8 heteroatoms. The van der Waals surface area contributed by atoms with Gasteiger partial charge < -0.3 is 10.1 Å². The fourth-order valence-electron chi connectivity index (χ4n) is 2.66. The van der Waals surface area contributed by atoms with Gasteiger partial charge in [0.05, 0.1) is 10.6 Å². The molecule has 0 bridgehead atoms. The quantitative estimate of drug-likeness (QED) is 0.210. The van der Waals surface area contributed by atoms with Crippen molar-refractivity contribution >= 4 is 39.3 Å². The Morgan fingerprint density at radius 3 is 2.58 bits per heavy atom. The van der Waals surface area contributed by atoms with Crippen LogP contribution in [0.4, 0.5) is 11.4 Å². The maximum Gasteiger partial charge on any atom is 0.270 e. The molecule has 0 fully saturated rings. The van der Waals surface area contributed by atoms with Crippen molar-refractivity contribution in [2.45, 2.75) is 6.61 Å². The van der Waals surface area contributed by atoms with E-state index < -0.39 is 10.8 Å². The lowest BCUT2D eigenvalue weighted by Gasteiger charge is -2.08. The number of ether oxygens (including phenoxy) is 1. The predicted molar refractivity (Wildman–Crippen MR) is 120 cm³/mol. The molecule has 1 N–H and O–H groups in total. The summed E-state index contributed by atoms with van der Waals surface area (Å²) in [5, 5.41) is 22.8. The molecule has 0 heterocycles. The molecule has 0 spiro atoms. The molecular formula is C23H16BrN3O4. The first kappa shape index (κ1) is 21.7. The van der Waals surface area contributed by atoms with E-state index in [0.717, 1.165) is 5.56 Å². The van der Waals surface area contributed by atoms with Crippen molar-refractivity contribution < 1.29 is 14.5 Å². The molecule has 0 radical (unpaired) electrons. The number of carbonyl (C=O) groups excluding carboxylic acids is 1. The molecule has 0 unspecified atom stereocenters. The normalized spacial score (nSPS) is 10.8. The van der Waals surface area contributed by atoms with Crippen LogP contribution in [0.2, 0.25) is 0 Å². The summed E-state index contributed by atoms with van der Waals surface area (Å²) >= 11 is 3.19. The summed E-state index contributed by atoms with van der Waals surface area (Å²) in [5.41, 5.74) is 1.73. The van der Waals surface area contributed by atoms with E-state index in [-0.39, 0.29) is 11.3 Å². The molecule has 0 aromatic heterocycles. The summed E-state index contributed by atoms with van der Waals surface area (Å²) in [5.74, 6) is -0.0268. The number of nitriles is 1. The second kappa shape index (κ2) is 10.2. The van der Waals surface area contributed by atoms with Gasteiger partial charge in [0.2, 0.25) is 0 Å². The van der Waals surface area contributed by atoms with E-state index in [9.17, 15) is 20.2 Å². The zero-order valence-electron chi connectivity index (χ0n) is 16.1. The summed E-state index contributed by atoms with van der Waals surface area (Å²) in [7, 11) is 0. The molecule has 0 saturated carbocycles. The first-order valence-electron chi connectivity index (χ1n) is 9.10. The third-order valence-electron chi connectivity index (χ3n) is 4.19. The Morgan fingerprint density at radius 2 is 1.90 bits per heavy atom. The monoisotopic (exact) mass is 477 g/mol. The summed E-state index contributed by atoms with van der Waals surface area (Å²) in [6.07, 6.45) is 1.45. The summed E-state index contributed by atoms with van der Waals surface area (Å²) in [6.45, 7) is 0.397. The smallest absolute Gasteiger partial charge is 0.270 e. The number of nitrogens with one attached hydrogen (secondary N) is 1. The molecular weight excluding hydrogens is 462 g/mol. The van der Waals surface area contributed by atoms with Gasteiger partial charge in [-0.05, 0) is 51.3 Å². The third-order valence-corrected chi connectivity index (χ3v) is 4.85. The number of rotatable bonds is 7. The standard InChI is InChI=1S/C23H16BrN3O4/c24-21-13-19(27(29)30)9-10-22(21)26-23(28)18(14-25)11-17-7-4-8-20(12-17)31-15-16-5-2-1-3-6-16/h1-13H,15H2,(H,26,28). The molecule has 31 heavy (non-hydrogen) atoms. The molecule has 3 aromatic rings. The summed E-state index contributed by atoms with van der Waals surface area (Å²) in [6, 6.07) is 22.6. The van der Waals surface area contributed by atoms with Gasteiger partial charge in [-0.25, -0.2) is 0 Å². The molecule has 3 aromatic carbocycles. The number of nitrogens with zero attached hydrogens (tertiary/aromatic N) is 2. The largest absolute Gasteiger partial charge is 0.489 e. The van der Waals surface area contributed by atoms with Gasteiger partial charge >= 0.3 is 0 Å². The van der Waals surface area contributed by atoms with Crippen LogP contribution in [-0.4, -0.2) is 10.8 Å². The van der Waals surface area contributed by atoms with E-state index in [1.807, 2.05) is 36.4 Å². The molecule has 1 amide bonds. The summed E-state index contributed by atoms with van der Waals surface area (Å²) < 4.78 is 6.11. The number of nitro benzene ring substituents is 1. The average Bonchev–Trinajstić information content (AvgIpc) is 2.78. The Hall–Kier alpha value is -3.96. The van der Waals surface area contributed by atoms with Gasteiger partial charge in [0.15, 0.2) is 0 Å². The highest BCUT2D eigenvalue weighted by Gasteiger charge is 2.14. The highest BCUT2D eigenvalue weighted by molar-refractivity contribution is 9.10. The second-order valence-corrected chi connectivity index (χ2v) is 7.25. The minimum atomic E-state index is -0.632. The first-order chi connectivity index (χ1) is 15.0. The average molecular weight is 478 g/mol. The molecule has 3 rings (SSSR count). The molecule has 154 valence electrons. The lowest BCUT2D eigenvalue weighted by Crippen LogP contribution is -2.13. The van der Waals surface area contributed by atoms with E-state index in [1.54, 1.807) is 24.3 Å². The van der Waals surface area contributed by atoms with Gasteiger partial charge in [-0.15, -0.1) is 0 Å². The Bertz CT molecular complexity index is 1190.